The molecule has 3 heteroatoms. The molecule has 0 aromatic rings. The summed E-state index contributed by atoms with van der Waals surface area (Å²) in [5.74, 6) is 1.28. The summed E-state index contributed by atoms with van der Waals surface area (Å²) in [6.07, 6.45) is 4.28. The Morgan fingerprint density at radius 3 is 2.77 bits per heavy atom. The number of rotatable bonds is 4. The van der Waals surface area contributed by atoms with Gasteiger partial charge >= 0.3 is 0 Å². The Kier molecular flexibility index (Phi) is 5.14. The first-order valence-electron chi connectivity index (χ1n) is 5.19. The number of hydrogen-bond donors (Lipinski definition) is 1. The second-order valence-electron chi connectivity index (χ2n) is 3.95. The molecule has 0 bridgehead atoms. The summed E-state index contributed by atoms with van der Waals surface area (Å²) in [7, 11) is 0. The summed E-state index contributed by atoms with van der Waals surface area (Å²) in [6.45, 7) is 4.83. The minimum absolute atomic E-state index is 0.229. The van der Waals surface area contributed by atoms with Crippen molar-refractivity contribution in [2.24, 2.45) is 5.73 Å². The van der Waals surface area contributed by atoms with Crippen molar-refractivity contribution in [3.8, 4) is 0 Å². The van der Waals surface area contributed by atoms with Gasteiger partial charge in [0.25, 0.3) is 0 Å². The van der Waals surface area contributed by atoms with Crippen LogP contribution in [0.25, 0.3) is 0 Å². The van der Waals surface area contributed by atoms with E-state index in [0.717, 1.165) is 6.61 Å². The van der Waals surface area contributed by atoms with E-state index in [2.05, 4.69) is 13.8 Å². The van der Waals surface area contributed by atoms with E-state index >= 15 is 0 Å². The van der Waals surface area contributed by atoms with E-state index in [9.17, 15) is 0 Å². The Morgan fingerprint density at radius 1 is 1.46 bits per heavy atom. The van der Waals surface area contributed by atoms with Gasteiger partial charge in [-0.1, -0.05) is 6.42 Å². The molecule has 1 rings (SSSR count). The normalized spacial score (nSPS) is 26.3. The maximum atomic E-state index is 6.05. The Morgan fingerprint density at radius 2 is 2.23 bits per heavy atom. The van der Waals surface area contributed by atoms with Crippen molar-refractivity contribution in [2.45, 2.75) is 50.5 Å². The fraction of sp³-hybridized carbons (Fsp3) is 1.00. The van der Waals surface area contributed by atoms with Gasteiger partial charge in [-0.25, -0.2) is 0 Å². The SMILES string of the molecule is CC(C)OCC(N)C1CCCCS1. The van der Waals surface area contributed by atoms with Crippen LogP contribution in [-0.2, 0) is 4.74 Å². The first-order valence-corrected chi connectivity index (χ1v) is 6.24. The third kappa shape index (κ3) is 4.34. The van der Waals surface area contributed by atoms with E-state index in [-0.39, 0.29) is 6.04 Å². The zero-order valence-corrected chi connectivity index (χ0v) is 9.48. The van der Waals surface area contributed by atoms with Crippen LogP contribution in [0.1, 0.15) is 33.1 Å². The molecule has 1 fully saturated rings. The molecule has 0 amide bonds. The molecule has 13 heavy (non-hydrogen) atoms. The topological polar surface area (TPSA) is 35.2 Å². The summed E-state index contributed by atoms with van der Waals surface area (Å²) >= 11 is 2.02. The maximum Gasteiger partial charge on any atom is 0.0631 e. The molecule has 1 heterocycles. The number of ether oxygens (including phenoxy) is 1. The van der Waals surface area contributed by atoms with Crippen molar-refractivity contribution >= 4 is 11.8 Å². The predicted octanol–water partition coefficient (Wildman–Crippen LogP) is 2.02. The Hall–Kier alpha value is 0.270. The highest BCUT2D eigenvalue weighted by Crippen LogP contribution is 2.26. The van der Waals surface area contributed by atoms with Gasteiger partial charge in [-0.05, 0) is 32.4 Å². The number of hydrogen-bond acceptors (Lipinski definition) is 3. The smallest absolute Gasteiger partial charge is 0.0631 e. The van der Waals surface area contributed by atoms with Crippen molar-refractivity contribution < 1.29 is 4.74 Å². The van der Waals surface area contributed by atoms with Gasteiger partial charge in [-0.15, -0.1) is 0 Å². The summed E-state index contributed by atoms with van der Waals surface area (Å²) in [5.41, 5.74) is 6.05. The van der Waals surface area contributed by atoms with Crippen LogP contribution in [-0.4, -0.2) is 29.8 Å². The molecule has 1 saturated heterocycles. The van der Waals surface area contributed by atoms with Crippen LogP contribution < -0.4 is 5.73 Å². The standard InChI is InChI=1S/C10H21NOS/c1-8(2)12-7-9(11)10-5-3-4-6-13-10/h8-10H,3-7,11H2,1-2H3. The van der Waals surface area contributed by atoms with Gasteiger partial charge in [0.1, 0.15) is 0 Å². The van der Waals surface area contributed by atoms with Crippen LogP contribution in [0.5, 0.6) is 0 Å². The molecule has 2 atom stereocenters. The molecule has 2 nitrogen and oxygen atoms in total. The van der Waals surface area contributed by atoms with Crippen molar-refractivity contribution in [3.63, 3.8) is 0 Å². The molecular formula is C10H21NOS. The van der Waals surface area contributed by atoms with Crippen molar-refractivity contribution in [2.75, 3.05) is 12.4 Å². The summed E-state index contributed by atoms with van der Waals surface area (Å²) in [4.78, 5) is 0. The van der Waals surface area contributed by atoms with Crippen molar-refractivity contribution in [1.82, 2.24) is 0 Å². The van der Waals surface area contributed by atoms with Crippen molar-refractivity contribution in [1.29, 1.82) is 0 Å². The maximum absolute atomic E-state index is 6.05. The van der Waals surface area contributed by atoms with Gasteiger partial charge in [-0.2, -0.15) is 11.8 Å². The quantitative estimate of drug-likeness (QED) is 0.759. The molecule has 78 valence electrons. The second kappa shape index (κ2) is 5.89. The minimum atomic E-state index is 0.229. The molecule has 0 aromatic heterocycles. The zero-order chi connectivity index (χ0) is 9.68. The van der Waals surface area contributed by atoms with Crippen LogP contribution >= 0.6 is 11.8 Å². The molecule has 2 N–H and O–H groups in total. The lowest BCUT2D eigenvalue weighted by Crippen LogP contribution is -2.39. The molecule has 0 aromatic carbocycles. The van der Waals surface area contributed by atoms with Crippen LogP contribution in [0.2, 0.25) is 0 Å². The summed E-state index contributed by atoms with van der Waals surface area (Å²) in [5, 5.41) is 0.632. The van der Waals surface area contributed by atoms with E-state index in [1.54, 1.807) is 0 Å². The van der Waals surface area contributed by atoms with Gasteiger partial charge in [0.05, 0.1) is 12.7 Å². The molecule has 0 spiro atoms. The largest absolute Gasteiger partial charge is 0.377 e. The van der Waals surface area contributed by atoms with Crippen LogP contribution in [0.3, 0.4) is 0 Å². The van der Waals surface area contributed by atoms with Gasteiger partial charge < -0.3 is 10.5 Å². The lowest BCUT2D eigenvalue weighted by Gasteiger charge is -2.27. The average molecular weight is 203 g/mol. The van der Waals surface area contributed by atoms with E-state index in [0.29, 0.717) is 11.4 Å². The highest BCUT2D eigenvalue weighted by Gasteiger charge is 2.21. The predicted molar refractivity (Wildman–Crippen MR) is 59.2 cm³/mol. The van der Waals surface area contributed by atoms with E-state index < -0.39 is 0 Å². The molecular weight excluding hydrogens is 182 g/mol. The van der Waals surface area contributed by atoms with E-state index in [4.69, 9.17) is 10.5 Å². The highest BCUT2D eigenvalue weighted by atomic mass is 32.2. The lowest BCUT2D eigenvalue weighted by molar-refractivity contribution is 0.0674. The summed E-state index contributed by atoms with van der Waals surface area (Å²) in [6, 6.07) is 0.229. The monoisotopic (exact) mass is 203 g/mol. The third-order valence-corrected chi connectivity index (χ3v) is 3.85. The molecule has 0 aliphatic carbocycles. The molecule has 0 radical (unpaired) electrons. The minimum Gasteiger partial charge on any atom is -0.377 e. The fourth-order valence-electron chi connectivity index (χ4n) is 1.51. The Bertz CT molecular complexity index is 135. The number of nitrogens with two attached hydrogens (primary N) is 1. The van der Waals surface area contributed by atoms with Gasteiger partial charge in [-0.3, -0.25) is 0 Å². The first-order chi connectivity index (χ1) is 6.20. The zero-order valence-electron chi connectivity index (χ0n) is 8.66. The molecule has 2 unspecified atom stereocenters. The molecule has 1 aliphatic rings. The molecule has 1 aliphatic heterocycles. The second-order valence-corrected chi connectivity index (χ2v) is 5.30. The average Bonchev–Trinajstić information content (AvgIpc) is 2.15. The van der Waals surface area contributed by atoms with Gasteiger partial charge in [0.2, 0.25) is 0 Å². The van der Waals surface area contributed by atoms with Crippen molar-refractivity contribution in [3.05, 3.63) is 0 Å². The highest BCUT2D eigenvalue weighted by molar-refractivity contribution is 8.00. The van der Waals surface area contributed by atoms with Crippen LogP contribution in [0, 0.1) is 0 Å². The summed E-state index contributed by atoms with van der Waals surface area (Å²) < 4.78 is 5.52. The van der Waals surface area contributed by atoms with Gasteiger partial charge in [0.15, 0.2) is 0 Å². The Labute approximate surface area is 85.6 Å². The molecule has 0 saturated carbocycles. The van der Waals surface area contributed by atoms with Crippen LogP contribution in [0.4, 0.5) is 0 Å². The van der Waals surface area contributed by atoms with E-state index in [1.807, 2.05) is 11.8 Å². The fourth-order valence-corrected chi connectivity index (χ4v) is 2.85. The lowest BCUT2D eigenvalue weighted by atomic mass is 10.1. The Balaban J connectivity index is 2.17. The third-order valence-electron chi connectivity index (χ3n) is 2.31. The van der Waals surface area contributed by atoms with E-state index in [1.165, 1.54) is 25.0 Å². The van der Waals surface area contributed by atoms with Gasteiger partial charge in [0, 0.05) is 11.3 Å². The first kappa shape index (κ1) is 11.3. The van der Waals surface area contributed by atoms with Crippen LogP contribution in [0.15, 0.2) is 0 Å². The number of thioether (sulfide) groups is 1.